The average Bonchev–Trinajstić information content (AvgIpc) is 2.44. The van der Waals surface area contributed by atoms with Crippen molar-refractivity contribution in [1.29, 1.82) is 0 Å². The van der Waals surface area contributed by atoms with Gasteiger partial charge in [0.1, 0.15) is 5.82 Å². The summed E-state index contributed by atoms with van der Waals surface area (Å²) in [4.78, 5) is 16.2. The highest BCUT2D eigenvalue weighted by Crippen LogP contribution is 2.38. The lowest BCUT2D eigenvalue weighted by Crippen LogP contribution is -2.42. The Morgan fingerprint density at radius 3 is 3.00 bits per heavy atom. The first-order chi connectivity index (χ1) is 10.2. The molecule has 2 rings (SSSR count). The van der Waals surface area contributed by atoms with Crippen molar-refractivity contribution in [3.63, 3.8) is 0 Å². The van der Waals surface area contributed by atoms with Crippen LogP contribution in [0.3, 0.4) is 0 Å². The second-order valence-corrected chi connectivity index (χ2v) is 5.17. The summed E-state index contributed by atoms with van der Waals surface area (Å²) in [6, 6.07) is 3.49. The van der Waals surface area contributed by atoms with Crippen LogP contribution >= 0.6 is 0 Å². The number of amides is 1. The van der Waals surface area contributed by atoms with Crippen LogP contribution < -0.4 is 5.32 Å². The number of aliphatic hydroxyl groups is 1. The zero-order valence-corrected chi connectivity index (χ0v) is 12.2. The van der Waals surface area contributed by atoms with Gasteiger partial charge in [-0.1, -0.05) is 11.8 Å². The molecule has 1 aromatic heterocycles. The normalized spacial score (nSPS) is 15.5. The fourth-order valence-corrected chi connectivity index (χ4v) is 2.30. The van der Waals surface area contributed by atoms with Crippen molar-refractivity contribution in [2.24, 2.45) is 0 Å². The van der Waals surface area contributed by atoms with Crippen LogP contribution in [0.15, 0.2) is 18.3 Å². The Morgan fingerprint density at radius 1 is 1.57 bits per heavy atom. The van der Waals surface area contributed by atoms with Crippen molar-refractivity contribution in [1.82, 2.24) is 4.98 Å². The molecular formula is C16H20N2O3. The van der Waals surface area contributed by atoms with Gasteiger partial charge in [-0.3, -0.25) is 4.79 Å². The van der Waals surface area contributed by atoms with Gasteiger partial charge in [-0.2, -0.15) is 0 Å². The van der Waals surface area contributed by atoms with Crippen LogP contribution in [0, 0.1) is 11.8 Å². The van der Waals surface area contributed by atoms with Crippen molar-refractivity contribution in [3.8, 4) is 11.8 Å². The number of aliphatic hydroxyl groups excluding tert-OH is 1. The number of anilines is 1. The third kappa shape index (κ3) is 4.28. The van der Waals surface area contributed by atoms with E-state index in [0.717, 1.165) is 24.8 Å². The van der Waals surface area contributed by atoms with Gasteiger partial charge in [0.05, 0.1) is 18.6 Å². The number of ether oxygens (including phenoxy) is 1. The topological polar surface area (TPSA) is 71.5 Å². The summed E-state index contributed by atoms with van der Waals surface area (Å²) in [6.07, 6.45) is 5.35. The number of rotatable bonds is 5. The van der Waals surface area contributed by atoms with E-state index in [-0.39, 0.29) is 18.1 Å². The maximum Gasteiger partial charge on any atom is 0.228 e. The molecule has 1 heterocycles. The molecule has 0 aliphatic heterocycles. The highest BCUT2D eigenvalue weighted by molar-refractivity contribution is 5.90. The van der Waals surface area contributed by atoms with Crippen LogP contribution in [-0.2, 0) is 9.53 Å². The molecule has 0 aromatic carbocycles. The van der Waals surface area contributed by atoms with Crippen LogP contribution in [0.1, 0.15) is 37.7 Å². The quantitative estimate of drug-likeness (QED) is 0.809. The largest absolute Gasteiger partial charge is 0.395 e. The Bertz CT molecular complexity index is 551. The predicted molar refractivity (Wildman–Crippen MR) is 79.7 cm³/mol. The molecule has 112 valence electrons. The molecular weight excluding hydrogens is 268 g/mol. The minimum Gasteiger partial charge on any atom is -0.395 e. The number of pyridine rings is 1. The van der Waals surface area contributed by atoms with Crippen molar-refractivity contribution < 1.29 is 14.6 Å². The molecule has 0 atom stereocenters. The highest BCUT2D eigenvalue weighted by Gasteiger charge is 2.39. The fourth-order valence-electron chi connectivity index (χ4n) is 2.30. The van der Waals surface area contributed by atoms with Crippen LogP contribution in [0.5, 0.6) is 0 Å². The fraction of sp³-hybridized carbons (Fsp3) is 0.500. The van der Waals surface area contributed by atoms with Gasteiger partial charge in [-0.25, -0.2) is 4.98 Å². The summed E-state index contributed by atoms with van der Waals surface area (Å²) in [5.41, 5.74) is 0.474. The van der Waals surface area contributed by atoms with Crippen LogP contribution in [0.4, 0.5) is 5.82 Å². The lowest BCUT2D eigenvalue weighted by molar-refractivity contribution is -0.129. The number of carbonyl (C=O) groups is 1. The van der Waals surface area contributed by atoms with E-state index in [2.05, 4.69) is 22.1 Å². The maximum atomic E-state index is 12.1. The second-order valence-electron chi connectivity index (χ2n) is 5.17. The monoisotopic (exact) mass is 288 g/mol. The van der Waals surface area contributed by atoms with Crippen LogP contribution in [-0.4, -0.2) is 35.3 Å². The lowest BCUT2D eigenvalue weighted by atomic mass is 9.77. The number of nitrogens with one attached hydrogen (secondary N) is 1. The number of hydrogen-bond acceptors (Lipinski definition) is 4. The van der Waals surface area contributed by atoms with Crippen LogP contribution in [0.25, 0.3) is 0 Å². The third-order valence-electron chi connectivity index (χ3n) is 3.68. The van der Waals surface area contributed by atoms with Gasteiger partial charge in [-0.05, 0) is 31.4 Å². The predicted octanol–water partition coefficient (Wildman–Crippen LogP) is 1.71. The Morgan fingerprint density at radius 2 is 2.38 bits per heavy atom. The Labute approximate surface area is 124 Å². The molecule has 0 bridgehead atoms. The minimum atomic E-state index is -0.289. The smallest absolute Gasteiger partial charge is 0.228 e. The first-order valence-corrected chi connectivity index (χ1v) is 7.08. The van der Waals surface area contributed by atoms with E-state index in [4.69, 9.17) is 9.84 Å². The maximum absolute atomic E-state index is 12.1. The number of carbonyl (C=O) groups excluding carboxylic acids is 1. The van der Waals surface area contributed by atoms with Crippen molar-refractivity contribution >= 4 is 11.7 Å². The van der Waals surface area contributed by atoms with Gasteiger partial charge in [-0.15, -0.1) is 0 Å². The average molecular weight is 288 g/mol. The van der Waals surface area contributed by atoms with Crippen molar-refractivity contribution in [2.75, 3.05) is 19.0 Å². The van der Waals surface area contributed by atoms with Gasteiger partial charge >= 0.3 is 0 Å². The Balaban J connectivity index is 1.95. The summed E-state index contributed by atoms with van der Waals surface area (Å²) in [5, 5.41) is 11.5. The summed E-state index contributed by atoms with van der Waals surface area (Å²) < 4.78 is 5.44. The molecule has 1 amide bonds. The molecule has 1 aromatic rings. The Kier molecular flexibility index (Phi) is 5.32. The van der Waals surface area contributed by atoms with Crippen LogP contribution in [0.2, 0.25) is 0 Å². The molecule has 5 heteroatoms. The molecule has 1 aliphatic rings. The Hall–Kier alpha value is -1.90. The molecule has 0 unspecified atom stereocenters. The van der Waals surface area contributed by atoms with Crippen molar-refractivity contribution in [3.05, 3.63) is 23.9 Å². The summed E-state index contributed by atoms with van der Waals surface area (Å²) >= 11 is 0. The summed E-state index contributed by atoms with van der Waals surface area (Å²) in [7, 11) is 1.65. The molecule has 0 spiro atoms. The van der Waals surface area contributed by atoms with E-state index >= 15 is 0 Å². The van der Waals surface area contributed by atoms with E-state index in [1.54, 1.807) is 25.4 Å². The number of aromatic nitrogens is 1. The van der Waals surface area contributed by atoms with Gasteiger partial charge in [0, 0.05) is 25.3 Å². The number of nitrogens with zero attached hydrogens (tertiary/aromatic N) is 1. The second kappa shape index (κ2) is 7.21. The van der Waals surface area contributed by atoms with Crippen molar-refractivity contribution in [2.45, 2.75) is 37.7 Å². The van der Waals surface area contributed by atoms with Gasteiger partial charge < -0.3 is 15.2 Å². The summed E-state index contributed by atoms with van der Waals surface area (Å²) in [6.45, 7) is 0.0424. The zero-order chi connectivity index (χ0) is 15.1. The molecule has 1 aliphatic carbocycles. The van der Waals surface area contributed by atoms with E-state index in [9.17, 15) is 4.79 Å². The SMILES string of the molecule is COC1(CC(=O)Nc2cc(C#CCCO)ccn2)CCC1. The van der Waals surface area contributed by atoms with Gasteiger partial charge in [0.2, 0.25) is 5.91 Å². The van der Waals surface area contributed by atoms with Gasteiger partial charge in [0.15, 0.2) is 0 Å². The number of hydrogen-bond donors (Lipinski definition) is 2. The van der Waals surface area contributed by atoms with Gasteiger partial charge in [0.25, 0.3) is 0 Å². The lowest BCUT2D eigenvalue weighted by Gasteiger charge is -2.39. The first-order valence-electron chi connectivity index (χ1n) is 7.08. The molecule has 1 saturated carbocycles. The first kappa shape index (κ1) is 15.5. The van der Waals surface area contributed by atoms with E-state index in [1.807, 2.05) is 0 Å². The summed E-state index contributed by atoms with van der Waals surface area (Å²) in [5.74, 6) is 6.15. The van der Waals surface area contributed by atoms with E-state index in [0.29, 0.717) is 18.7 Å². The molecule has 0 radical (unpaired) electrons. The molecule has 0 saturated heterocycles. The molecule has 5 nitrogen and oxygen atoms in total. The molecule has 2 N–H and O–H groups in total. The number of methoxy groups -OCH3 is 1. The molecule has 1 fully saturated rings. The van der Waals surface area contributed by atoms with E-state index < -0.39 is 0 Å². The highest BCUT2D eigenvalue weighted by atomic mass is 16.5. The zero-order valence-electron chi connectivity index (χ0n) is 12.2. The third-order valence-corrected chi connectivity index (χ3v) is 3.68. The minimum absolute atomic E-state index is 0.0424. The standard InChI is InChI=1S/C16H20N2O3/c1-21-16(7-4-8-16)12-15(20)18-14-11-13(6-9-17-14)5-2-3-10-19/h6,9,11,19H,3-4,7-8,10,12H2,1H3,(H,17,18,20). The van der Waals surface area contributed by atoms with E-state index in [1.165, 1.54) is 0 Å². The molecule has 21 heavy (non-hydrogen) atoms.